The van der Waals surface area contributed by atoms with Crippen LogP contribution in [0.5, 0.6) is 0 Å². The van der Waals surface area contributed by atoms with Gasteiger partial charge < -0.3 is 20.1 Å². The molecule has 0 aromatic carbocycles. The highest BCUT2D eigenvalue weighted by Crippen LogP contribution is 2.24. The molecule has 2 aliphatic rings. The molecule has 0 aromatic heterocycles. The third kappa shape index (κ3) is 3.09. The van der Waals surface area contributed by atoms with Crippen LogP contribution in [-0.2, 0) is 9.53 Å². The number of morpholine rings is 1. The Hall–Kier alpha value is -1.30. The summed E-state index contributed by atoms with van der Waals surface area (Å²) in [5, 5.41) is 11.1. The minimum Gasteiger partial charge on any atom is -0.465 e. The number of amides is 2. The van der Waals surface area contributed by atoms with Crippen molar-refractivity contribution < 1.29 is 19.4 Å². The average Bonchev–Trinajstić information content (AvgIpc) is 2.30. The minimum atomic E-state index is -0.962. The summed E-state index contributed by atoms with van der Waals surface area (Å²) in [5.41, 5.74) is 0. The standard InChI is InChI=1S/C11H18N2O4/c14-10-7-17-6-5-13(10)9-3-1-8(2-4-9)12-11(15)16/h8-9,12H,1-7H2,(H,15,16)/t8-,9-. The maximum absolute atomic E-state index is 11.6. The van der Waals surface area contributed by atoms with E-state index in [0.29, 0.717) is 13.2 Å². The summed E-state index contributed by atoms with van der Waals surface area (Å²) < 4.78 is 5.10. The first kappa shape index (κ1) is 12.2. The van der Waals surface area contributed by atoms with E-state index in [4.69, 9.17) is 9.84 Å². The zero-order valence-corrected chi connectivity index (χ0v) is 9.72. The van der Waals surface area contributed by atoms with Crippen LogP contribution in [-0.4, -0.2) is 53.8 Å². The highest BCUT2D eigenvalue weighted by atomic mass is 16.5. The molecule has 2 amide bonds. The Balaban J connectivity index is 1.81. The third-order valence-corrected chi connectivity index (χ3v) is 3.49. The highest BCUT2D eigenvalue weighted by molar-refractivity contribution is 5.78. The molecule has 17 heavy (non-hydrogen) atoms. The van der Waals surface area contributed by atoms with Crippen LogP contribution in [0, 0.1) is 0 Å². The second-order valence-electron chi connectivity index (χ2n) is 4.59. The summed E-state index contributed by atoms with van der Waals surface area (Å²) in [6.45, 7) is 1.47. The van der Waals surface area contributed by atoms with Crippen molar-refractivity contribution in [3.05, 3.63) is 0 Å². The lowest BCUT2D eigenvalue weighted by Gasteiger charge is -2.38. The Morgan fingerprint density at radius 1 is 1.35 bits per heavy atom. The molecule has 2 rings (SSSR count). The topological polar surface area (TPSA) is 78.9 Å². The van der Waals surface area contributed by atoms with E-state index in [1.165, 1.54) is 0 Å². The van der Waals surface area contributed by atoms with Crippen molar-refractivity contribution in [2.45, 2.75) is 37.8 Å². The van der Waals surface area contributed by atoms with Gasteiger partial charge >= 0.3 is 6.09 Å². The minimum absolute atomic E-state index is 0.0416. The van der Waals surface area contributed by atoms with Crippen molar-refractivity contribution in [1.82, 2.24) is 10.2 Å². The van der Waals surface area contributed by atoms with Gasteiger partial charge in [0.05, 0.1) is 6.61 Å². The molecular formula is C11H18N2O4. The summed E-state index contributed by atoms with van der Waals surface area (Å²) in [7, 11) is 0. The summed E-state index contributed by atoms with van der Waals surface area (Å²) in [5.74, 6) is 0.0610. The molecule has 0 unspecified atom stereocenters. The highest BCUT2D eigenvalue weighted by Gasteiger charge is 2.30. The molecule has 0 atom stereocenters. The van der Waals surface area contributed by atoms with E-state index in [1.54, 1.807) is 0 Å². The average molecular weight is 242 g/mol. The maximum Gasteiger partial charge on any atom is 0.404 e. The normalized spacial score (nSPS) is 30.1. The van der Waals surface area contributed by atoms with Gasteiger partial charge in [-0.3, -0.25) is 4.79 Å². The van der Waals surface area contributed by atoms with Gasteiger partial charge in [0.25, 0.3) is 0 Å². The van der Waals surface area contributed by atoms with Crippen LogP contribution >= 0.6 is 0 Å². The Morgan fingerprint density at radius 2 is 2.06 bits per heavy atom. The van der Waals surface area contributed by atoms with E-state index in [-0.39, 0.29) is 24.6 Å². The Bertz CT molecular complexity index is 300. The molecule has 96 valence electrons. The summed E-state index contributed by atoms with van der Waals surface area (Å²) in [4.78, 5) is 24.0. The van der Waals surface area contributed by atoms with Crippen molar-refractivity contribution in [2.75, 3.05) is 19.8 Å². The van der Waals surface area contributed by atoms with E-state index < -0.39 is 6.09 Å². The molecule has 1 saturated carbocycles. The van der Waals surface area contributed by atoms with Gasteiger partial charge in [-0.15, -0.1) is 0 Å². The van der Waals surface area contributed by atoms with Crippen molar-refractivity contribution in [1.29, 1.82) is 0 Å². The molecule has 0 aromatic rings. The lowest BCUT2D eigenvalue weighted by Crippen LogP contribution is -2.50. The van der Waals surface area contributed by atoms with Crippen molar-refractivity contribution >= 4 is 12.0 Å². The smallest absolute Gasteiger partial charge is 0.404 e. The second kappa shape index (κ2) is 5.35. The predicted octanol–water partition coefficient (Wildman–Crippen LogP) is 0.424. The van der Waals surface area contributed by atoms with Crippen molar-refractivity contribution in [2.24, 2.45) is 0 Å². The quantitative estimate of drug-likeness (QED) is 0.735. The predicted molar refractivity (Wildman–Crippen MR) is 59.7 cm³/mol. The van der Waals surface area contributed by atoms with E-state index in [0.717, 1.165) is 25.7 Å². The molecule has 6 nitrogen and oxygen atoms in total. The summed E-state index contributed by atoms with van der Waals surface area (Å²) in [6.07, 6.45) is 2.40. The van der Waals surface area contributed by atoms with Crippen molar-refractivity contribution in [3.8, 4) is 0 Å². The number of carbonyl (C=O) groups excluding carboxylic acids is 1. The molecule has 2 fully saturated rings. The van der Waals surface area contributed by atoms with Gasteiger partial charge in [-0.2, -0.15) is 0 Å². The lowest BCUT2D eigenvalue weighted by molar-refractivity contribution is -0.146. The molecular weight excluding hydrogens is 224 g/mol. The monoisotopic (exact) mass is 242 g/mol. The Morgan fingerprint density at radius 3 is 2.65 bits per heavy atom. The van der Waals surface area contributed by atoms with E-state index in [1.807, 2.05) is 4.90 Å². The number of carbonyl (C=O) groups is 2. The number of rotatable bonds is 2. The van der Waals surface area contributed by atoms with Gasteiger partial charge in [-0.1, -0.05) is 0 Å². The van der Waals surface area contributed by atoms with Crippen LogP contribution in [0.1, 0.15) is 25.7 Å². The molecule has 0 radical (unpaired) electrons. The van der Waals surface area contributed by atoms with Crippen LogP contribution in [0.2, 0.25) is 0 Å². The number of ether oxygens (including phenoxy) is 1. The summed E-state index contributed by atoms with van der Waals surface area (Å²) >= 11 is 0. The fraction of sp³-hybridized carbons (Fsp3) is 0.818. The molecule has 0 spiro atoms. The molecule has 1 aliphatic heterocycles. The zero-order valence-electron chi connectivity index (χ0n) is 9.72. The fourth-order valence-electron chi connectivity index (χ4n) is 2.62. The van der Waals surface area contributed by atoms with E-state index in [9.17, 15) is 9.59 Å². The zero-order chi connectivity index (χ0) is 12.3. The van der Waals surface area contributed by atoms with Gasteiger partial charge in [0, 0.05) is 18.6 Å². The first-order valence-electron chi connectivity index (χ1n) is 6.03. The Kier molecular flexibility index (Phi) is 3.83. The SMILES string of the molecule is O=C(O)N[C@H]1CC[C@H](N2CCOCC2=O)CC1. The van der Waals surface area contributed by atoms with Crippen LogP contribution in [0.3, 0.4) is 0 Å². The van der Waals surface area contributed by atoms with Crippen LogP contribution < -0.4 is 5.32 Å². The molecule has 2 N–H and O–H groups in total. The number of nitrogens with one attached hydrogen (secondary N) is 1. The van der Waals surface area contributed by atoms with Gasteiger partial charge in [0.15, 0.2) is 0 Å². The largest absolute Gasteiger partial charge is 0.465 e. The second-order valence-corrected chi connectivity index (χ2v) is 4.59. The molecule has 1 heterocycles. The maximum atomic E-state index is 11.6. The lowest BCUT2D eigenvalue weighted by atomic mass is 9.90. The first-order valence-corrected chi connectivity index (χ1v) is 6.03. The van der Waals surface area contributed by atoms with Gasteiger partial charge in [0.2, 0.25) is 5.91 Å². The van der Waals surface area contributed by atoms with Gasteiger partial charge in [0.1, 0.15) is 6.61 Å². The molecule has 1 aliphatic carbocycles. The fourth-order valence-corrected chi connectivity index (χ4v) is 2.62. The number of nitrogens with zero attached hydrogens (tertiary/aromatic N) is 1. The summed E-state index contributed by atoms with van der Waals surface area (Å²) in [6, 6.07) is 0.304. The first-order chi connectivity index (χ1) is 8.16. The third-order valence-electron chi connectivity index (χ3n) is 3.49. The number of hydrogen-bond donors (Lipinski definition) is 2. The van der Waals surface area contributed by atoms with Crippen molar-refractivity contribution in [3.63, 3.8) is 0 Å². The van der Waals surface area contributed by atoms with Crippen LogP contribution in [0.4, 0.5) is 4.79 Å². The molecule has 6 heteroatoms. The Labute approximate surface area is 99.9 Å². The van der Waals surface area contributed by atoms with Crippen LogP contribution in [0.25, 0.3) is 0 Å². The van der Waals surface area contributed by atoms with Gasteiger partial charge in [-0.25, -0.2) is 4.79 Å². The number of hydrogen-bond acceptors (Lipinski definition) is 3. The van der Waals surface area contributed by atoms with Crippen LogP contribution in [0.15, 0.2) is 0 Å². The molecule has 0 bridgehead atoms. The molecule has 1 saturated heterocycles. The van der Waals surface area contributed by atoms with Gasteiger partial charge in [-0.05, 0) is 25.7 Å². The van der Waals surface area contributed by atoms with E-state index in [2.05, 4.69) is 5.32 Å². The number of carboxylic acid groups (broad SMARTS) is 1. The van der Waals surface area contributed by atoms with E-state index >= 15 is 0 Å².